The van der Waals surface area contributed by atoms with Crippen LogP contribution >= 0.6 is 33.9 Å². The van der Waals surface area contributed by atoms with Crippen LogP contribution in [0.2, 0.25) is 0 Å². The number of carbonyl (C=O) groups is 1. The molecule has 2 aromatic rings. The van der Waals surface area contributed by atoms with E-state index < -0.39 is 6.29 Å². The normalized spacial score (nSPS) is 21.3. The van der Waals surface area contributed by atoms with Crippen molar-refractivity contribution in [3.63, 3.8) is 0 Å². The monoisotopic (exact) mass is 527 g/mol. The van der Waals surface area contributed by atoms with Gasteiger partial charge in [-0.3, -0.25) is 4.79 Å². The Hall–Kier alpha value is -1.42. The molecule has 0 spiro atoms. The molecular formula is C22H26INO4S. The first-order chi connectivity index (χ1) is 14.1. The molecule has 2 N–H and O–H groups in total. The first-order valence-electron chi connectivity index (χ1n) is 9.78. The maximum atomic E-state index is 12.8. The van der Waals surface area contributed by atoms with Gasteiger partial charge in [-0.05, 0) is 88.5 Å². The Morgan fingerprint density at radius 1 is 1.31 bits per heavy atom. The van der Waals surface area contributed by atoms with Gasteiger partial charge in [0.25, 0.3) is 5.91 Å². The highest BCUT2D eigenvalue weighted by molar-refractivity contribution is 14.1. The van der Waals surface area contributed by atoms with Gasteiger partial charge < -0.3 is 19.9 Å². The minimum Gasteiger partial charge on any atom is -0.459 e. The minimum absolute atomic E-state index is 0.0113. The third-order valence-corrected chi connectivity index (χ3v) is 6.35. The van der Waals surface area contributed by atoms with Crippen molar-refractivity contribution in [2.24, 2.45) is 5.92 Å². The van der Waals surface area contributed by atoms with Crippen LogP contribution in [0, 0.1) is 9.49 Å². The summed E-state index contributed by atoms with van der Waals surface area (Å²) in [7, 11) is 0. The van der Waals surface area contributed by atoms with Gasteiger partial charge in [0.1, 0.15) is 0 Å². The van der Waals surface area contributed by atoms with E-state index in [2.05, 4.69) is 39.4 Å². The van der Waals surface area contributed by atoms with Gasteiger partial charge in [0.15, 0.2) is 5.76 Å². The Labute approximate surface area is 189 Å². The number of aliphatic hydroxyl groups is 1. The smallest absolute Gasteiger partial charge is 0.286 e. The lowest BCUT2D eigenvalue weighted by Gasteiger charge is -2.36. The van der Waals surface area contributed by atoms with Crippen LogP contribution in [0.1, 0.15) is 36.8 Å². The van der Waals surface area contributed by atoms with Crippen molar-refractivity contribution in [2.75, 3.05) is 13.2 Å². The Morgan fingerprint density at radius 3 is 2.76 bits per heavy atom. The molecule has 5 nitrogen and oxygen atoms in total. The summed E-state index contributed by atoms with van der Waals surface area (Å²) in [5.41, 5.74) is 2.18. The number of allylic oxidation sites excluding steroid dienone is 1. The summed E-state index contributed by atoms with van der Waals surface area (Å²) in [6.45, 7) is 2.97. The Morgan fingerprint density at radius 2 is 2.10 bits per heavy atom. The molecule has 3 rings (SSSR count). The van der Waals surface area contributed by atoms with Gasteiger partial charge in [0.2, 0.25) is 6.29 Å². The Balaban J connectivity index is 1.78. The highest BCUT2D eigenvalue weighted by Gasteiger charge is 2.37. The van der Waals surface area contributed by atoms with E-state index in [-0.39, 0.29) is 24.3 Å². The average Bonchev–Trinajstić information content (AvgIpc) is 3.26. The molecule has 0 aliphatic carbocycles. The molecule has 156 valence electrons. The SMILES string of the molecule is CCO[C@H]1OC(C(=O)NCc2ccc(I)cc2)=C[C@@H](c2ccsc2)[C@H]1CCCO. The second-order valence-electron chi connectivity index (χ2n) is 6.89. The van der Waals surface area contributed by atoms with Gasteiger partial charge >= 0.3 is 0 Å². The van der Waals surface area contributed by atoms with E-state index in [0.29, 0.717) is 25.3 Å². The molecule has 1 amide bonds. The van der Waals surface area contributed by atoms with Crippen molar-refractivity contribution in [1.29, 1.82) is 0 Å². The first-order valence-corrected chi connectivity index (χ1v) is 11.8. The number of thiophene rings is 1. The largest absolute Gasteiger partial charge is 0.459 e. The third kappa shape index (κ3) is 6.04. The number of ether oxygens (including phenoxy) is 2. The predicted octanol–water partition coefficient (Wildman–Crippen LogP) is 4.42. The van der Waals surface area contributed by atoms with E-state index in [1.807, 2.05) is 42.6 Å². The molecular weight excluding hydrogens is 501 g/mol. The molecule has 1 aromatic heterocycles. The second kappa shape index (κ2) is 11.1. The highest BCUT2D eigenvalue weighted by atomic mass is 127. The molecule has 0 bridgehead atoms. The number of hydrogen-bond donors (Lipinski definition) is 2. The number of rotatable bonds is 9. The van der Waals surface area contributed by atoms with Crippen LogP contribution < -0.4 is 5.32 Å². The summed E-state index contributed by atoms with van der Waals surface area (Å²) in [6.07, 6.45) is 2.82. The first kappa shape index (κ1) is 22.3. The number of amides is 1. The zero-order valence-corrected chi connectivity index (χ0v) is 19.3. The number of nitrogens with one attached hydrogen (secondary N) is 1. The summed E-state index contributed by atoms with van der Waals surface area (Å²) < 4.78 is 13.0. The predicted molar refractivity (Wildman–Crippen MR) is 122 cm³/mol. The molecule has 0 saturated carbocycles. The molecule has 1 aromatic carbocycles. The lowest BCUT2D eigenvalue weighted by molar-refractivity contribution is -0.166. The Kier molecular flexibility index (Phi) is 8.53. The van der Waals surface area contributed by atoms with Crippen molar-refractivity contribution >= 4 is 39.8 Å². The zero-order chi connectivity index (χ0) is 20.6. The topological polar surface area (TPSA) is 67.8 Å². The van der Waals surface area contributed by atoms with Gasteiger partial charge in [-0.1, -0.05) is 12.1 Å². The summed E-state index contributed by atoms with van der Waals surface area (Å²) in [4.78, 5) is 12.8. The molecule has 0 radical (unpaired) electrons. The van der Waals surface area contributed by atoms with Crippen LogP contribution in [0.15, 0.2) is 52.9 Å². The molecule has 0 saturated heterocycles. The van der Waals surface area contributed by atoms with Crippen LogP contribution in [0.5, 0.6) is 0 Å². The average molecular weight is 527 g/mol. The van der Waals surface area contributed by atoms with Crippen LogP contribution in [0.25, 0.3) is 0 Å². The number of aliphatic hydroxyl groups excluding tert-OH is 1. The van der Waals surface area contributed by atoms with E-state index >= 15 is 0 Å². The number of benzene rings is 1. The van der Waals surface area contributed by atoms with Crippen LogP contribution in [0.4, 0.5) is 0 Å². The van der Waals surface area contributed by atoms with Crippen molar-refractivity contribution in [1.82, 2.24) is 5.32 Å². The van der Waals surface area contributed by atoms with Crippen LogP contribution in [-0.2, 0) is 20.8 Å². The van der Waals surface area contributed by atoms with E-state index in [9.17, 15) is 9.90 Å². The lowest BCUT2D eigenvalue weighted by atomic mass is 9.81. The molecule has 29 heavy (non-hydrogen) atoms. The van der Waals surface area contributed by atoms with Gasteiger partial charge in [0.05, 0.1) is 0 Å². The third-order valence-electron chi connectivity index (χ3n) is 4.93. The van der Waals surface area contributed by atoms with E-state index in [1.165, 1.54) is 0 Å². The molecule has 1 aliphatic rings. The maximum Gasteiger partial charge on any atom is 0.286 e. The minimum atomic E-state index is -0.513. The summed E-state index contributed by atoms with van der Waals surface area (Å²) in [6, 6.07) is 10.1. The molecule has 7 heteroatoms. The summed E-state index contributed by atoms with van der Waals surface area (Å²) >= 11 is 3.89. The fourth-order valence-electron chi connectivity index (χ4n) is 3.48. The quantitative estimate of drug-likeness (QED) is 0.474. The van der Waals surface area contributed by atoms with Crippen LogP contribution in [-0.4, -0.2) is 30.5 Å². The van der Waals surface area contributed by atoms with E-state index in [1.54, 1.807) is 11.3 Å². The molecule has 2 heterocycles. The van der Waals surface area contributed by atoms with Gasteiger partial charge in [0, 0.05) is 35.2 Å². The summed E-state index contributed by atoms with van der Waals surface area (Å²) in [5.74, 6) is 0.112. The van der Waals surface area contributed by atoms with Crippen LogP contribution in [0.3, 0.4) is 0 Å². The standard InChI is InChI=1S/C22H26INO4S/c1-2-27-22-18(4-3-10-25)19(16-9-11-29-14-16)12-20(28-22)21(26)24-13-15-5-7-17(23)8-6-15/h5-9,11-12,14,18-19,22,25H,2-4,10,13H2,1H3,(H,24,26)/t18-,19+,22+/m1/s1. The highest BCUT2D eigenvalue weighted by Crippen LogP contribution is 2.40. The van der Waals surface area contributed by atoms with Gasteiger partial charge in [-0.15, -0.1) is 0 Å². The zero-order valence-electron chi connectivity index (χ0n) is 16.3. The fourth-order valence-corrected chi connectivity index (χ4v) is 4.55. The van der Waals surface area contributed by atoms with Crippen molar-refractivity contribution in [3.05, 3.63) is 67.6 Å². The fraction of sp³-hybridized carbons (Fsp3) is 0.409. The number of carbonyl (C=O) groups excluding carboxylic acids is 1. The van der Waals surface area contributed by atoms with E-state index in [0.717, 1.165) is 21.1 Å². The van der Waals surface area contributed by atoms with Gasteiger partial charge in [-0.2, -0.15) is 11.3 Å². The second-order valence-corrected chi connectivity index (χ2v) is 8.92. The van der Waals surface area contributed by atoms with Crippen molar-refractivity contribution in [2.45, 2.75) is 38.5 Å². The summed E-state index contributed by atoms with van der Waals surface area (Å²) in [5, 5.41) is 16.4. The van der Waals surface area contributed by atoms with E-state index in [4.69, 9.17) is 9.47 Å². The van der Waals surface area contributed by atoms with Crippen molar-refractivity contribution < 1.29 is 19.4 Å². The Bertz CT molecular complexity index is 807. The lowest BCUT2D eigenvalue weighted by Crippen LogP contribution is -2.38. The maximum absolute atomic E-state index is 12.8. The number of halogens is 1. The molecule has 0 fully saturated rings. The van der Waals surface area contributed by atoms with Crippen molar-refractivity contribution in [3.8, 4) is 0 Å². The molecule has 0 unspecified atom stereocenters. The molecule has 1 aliphatic heterocycles. The molecule has 3 atom stereocenters. The van der Waals surface area contributed by atoms with Gasteiger partial charge in [-0.25, -0.2) is 0 Å². The number of hydrogen-bond acceptors (Lipinski definition) is 5.